The molecule has 0 unspecified atom stereocenters. The fraction of sp³-hybridized carbons (Fsp3) is 0.250. The van der Waals surface area contributed by atoms with Crippen LogP contribution >= 0.6 is 24.0 Å². The van der Waals surface area contributed by atoms with E-state index in [0.717, 1.165) is 45.9 Å². The number of aromatic nitrogens is 1. The van der Waals surface area contributed by atoms with Gasteiger partial charge in [-0.3, -0.25) is 4.99 Å². The van der Waals surface area contributed by atoms with Crippen molar-refractivity contribution >= 4 is 40.8 Å². The first-order chi connectivity index (χ1) is 13.2. The van der Waals surface area contributed by atoms with E-state index < -0.39 is 0 Å². The van der Waals surface area contributed by atoms with Crippen molar-refractivity contribution in [2.24, 2.45) is 4.99 Å². The second-order valence-corrected chi connectivity index (χ2v) is 6.29. The van der Waals surface area contributed by atoms with Gasteiger partial charge in [-0.2, -0.15) is 0 Å². The minimum Gasteiger partial charge on any atom is -0.454 e. The van der Waals surface area contributed by atoms with Gasteiger partial charge in [0.1, 0.15) is 5.82 Å². The van der Waals surface area contributed by atoms with Crippen LogP contribution in [0.5, 0.6) is 11.5 Å². The molecule has 148 valence electrons. The number of guanidine groups is 1. The fourth-order valence-corrected chi connectivity index (χ4v) is 3.14. The Labute approximate surface area is 179 Å². The fourth-order valence-electron chi connectivity index (χ4n) is 3.14. The highest BCUT2D eigenvalue weighted by Gasteiger charge is 2.13. The second-order valence-electron chi connectivity index (χ2n) is 6.29. The molecule has 2 aromatic carbocycles. The summed E-state index contributed by atoms with van der Waals surface area (Å²) in [5.41, 5.74) is 3.04. The summed E-state index contributed by atoms with van der Waals surface area (Å²) in [6.07, 6.45) is 2.73. The van der Waals surface area contributed by atoms with Crippen molar-refractivity contribution in [3.63, 3.8) is 0 Å². The van der Waals surface area contributed by atoms with Gasteiger partial charge in [0.15, 0.2) is 17.5 Å². The third-order valence-electron chi connectivity index (χ3n) is 4.54. The SMILES string of the molecule is CN=C(NCCc1c[nH]c2cc(F)ccc12)NCc1ccc2c(c1)OCO2.I. The molecule has 1 aliphatic heterocycles. The quantitative estimate of drug-likeness (QED) is 0.287. The molecule has 0 fully saturated rings. The summed E-state index contributed by atoms with van der Waals surface area (Å²) in [4.78, 5) is 7.36. The number of H-pyrrole nitrogens is 1. The summed E-state index contributed by atoms with van der Waals surface area (Å²) in [6.45, 7) is 1.61. The summed E-state index contributed by atoms with van der Waals surface area (Å²) in [5.74, 6) is 2.04. The Bertz CT molecular complexity index is 989. The van der Waals surface area contributed by atoms with Crippen LogP contribution in [0, 0.1) is 5.82 Å². The Hall–Kier alpha value is -2.49. The van der Waals surface area contributed by atoms with Gasteiger partial charge in [0.05, 0.1) is 0 Å². The Morgan fingerprint density at radius 1 is 1.14 bits per heavy atom. The van der Waals surface area contributed by atoms with Crippen LogP contribution in [0.25, 0.3) is 10.9 Å². The van der Waals surface area contributed by atoms with E-state index in [0.29, 0.717) is 13.1 Å². The summed E-state index contributed by atoms with van der Waals surface area (Å²) >= 11 is 0. The number of aliphatic imine (C=N–C) groups is 1. The molecule has 2 heterocycles. The van der Waals surface area contributed by atoms with E-state index in [-0.39, 0.29) is 36.6 Å². The molecule has 0 amide bonds. The molecule has 0 atom stereocenters. The van der Waals surface area contributed by atoms with E-state index in [4.69, 9.17) is 9.47 Å². The molecule has 0 spiro atoms. The number of hydrogen-bond acceptors (Lipinski definition) is 3. The van der Waals surface area contributed by atoms with Gasteiger partial charge in [-0.1, -0.05) is 6.07 Å². The van der Waals surface area contributed by atoms with Crippen LogP contribution in [0.15, 0.2) is 47.6 Å². The molecule has 3 aromatic rings. The molecule has 0 saturated carbocycles. The van der Waals surface area contributed by atoms with Crippen LogP contribution in [-0.2, 0) is 13.0 Å². The lowest BCUT2D eigenvalue weighted by Crippen LogP contribution is -2.37. The predicted octanol–water partition coefficient (Wildman–Crippen LogP) is 3.56. The molecule has 0 aliphatic carbocycles. The number of nitrogens with one attached hydrogen (secondary N) is 3. The maximum atomic E-state index is 13.3. The summed E-state index contributed by atoms with van der Waals surface area (Å²) < 4.78 is 24.0. The number of nitrogens with zero attached hydrogens (tertiary/aromatic N) is 1. The molecule has 4 rings (SSSR count). The maximum absolute atomic E-state index is 13.3. The largest absolute Gasteiger partial charge is 0.454 e. The Morgan fingerprint density at radius 3 is 2.86 bits per heavy atom. The molecule has 28 heavy (non-hydrogen) atoms. The lowest BCUT2D eigenvalue weighted by Gasteiger charge is -2.12. The number of aromatic amines is 1. The van der Waals surface area contributed by atoms with Gasteiger partial charge < -0.3 is 25.1 Å². The number of ether oxygens (including phenoxy) is 2. The highest BCUT2D eigenvalue weighted by molar-refractivity contribution is 14.0. The lowest BCUT2D eigenvalue weighted by atomic mass is 10.1. The summed E-state index contributed by atoms with van der Waals surface area (Å²) in [5, 5.41) is 7.63. The molecular weight excluding hydrogens is 474 g/mol. The van der Waals surface area contributed by atoms with Crippen molar-refractivity contribution < 1.29 is 13.9 Å². The minimum atomic E-state index is -0.234. The number of halogens is 2. The highest BCUT2D eigenvalue weighted by atomic mass is 127. The summed E-state index contributed by atoms with van der Waals surface area (Å²) in [6, 6.07) is 10.7. The average molecular weight is 496 g/mol. The molecule has 0 radical (unpaired) electrons. The third kappa shape index (κ3) is 4.49. The van der Waals surface area contributed by atoms with Crippen LogP contribution in [0.4, 0.5) is 4.39 Å². The molecule has 0 bridgehead atoms. The van der Waals surface area contributed by atoms with Gasteiger partial charge in [-0.05, 0) is 47.9 Å². The zero-order valence-corrected chi connectivity index (χ0v) is 17.8. The average Bonchev–Trinajstić information content (AvgIpc) is 3.30. The first kappa shape index (κ1) is 20.2. The Balaban J connectivity index is 0.00000225. The standard InChI is InChI=1S/C20H21FN4O2.HI/c1-22-20(25-10-13-2-5-18-19(8-13)27-12-26-18)23-7-6-14-11-24-17-9-15(21)3-4-16(14)17;/h2-5,8-9,11,24H,6-7,10,12H2,1H3,(H2,22,23,25);1H. The normalized spacial score (nSPS) is 12.7. The van der Waals surface area contributed by atoms with Crippen molar-refractivity contribution in [3.8, 4) is 11.5 Å². The van der Waals surface area contributed by atoms with Crippen LogP contribution in [0.1, 0.15) is 11.1 Å². The van der Waals surface area contributed by atoms with Crippen LogP contribution in [-0.4, -0.2) is 31.3 Å². The molecule has 1 aliphatic rings. The molecular formula is C20H22FIN4O2. The topological polar surface area (TPSA) is 70.7 Å². The molecule has 3 N–H and O–H groups in total. The third-order valence-corrected chi connectivity index (χ3v) is 4.54. The number of fused-ring (bicyclic) bond motifs is 2. The monoisotopic (exact) mass is 496 g/mol. The van der Waals surface area contributed by atoms with Crippen molar-refractivity contribution in [1.29, 1.82) is 0 Å². The maximum Gasteiger partial charge on any atom is 0.231 e. The zero-order chi connectivity index (χ0) is 18.6. The van der Waals surface area contributed by atoms with Gasteiger partial charge in [-0.25, -0.2) is 4.39 Å². The number of rotatable bonds is 5. The first-order valence-electron chi connectivity index (χ1n) is 8.81. The van der Waals surface area contributed by atoms with E-state index >= 15 is 0 Å². The Morgan fingerprint density at radius 2 is 2.00 bits per heavy atom. The van der Waals surface area contributed by atoms with Gasteiger partial charge >= 0.3 is 0 Å². The van der Waals surface area contributed by atoms with Crippen molar-refractivity contribution in [2.75, 3.05) is 20.4 Å². The highest BCUT2D eigenvalue weighted by Crippen LogP contribution is 2.32. The van der Waals surface area contributed by atoms with E-state index in [2.05, 4.69) is 20.6 Å². The van der Waals surface area contributed by atoms with E-state index in [1.165, 1.54) is 12.1 Å². The molecule has 8 heteroatoms. The zero-order valence-electron chi connectivity index (χ0n) is 15.4. The van der Waals surface area contributed by atoms with Crippen molar-refractivity contribution in [3.05, 3.63) is 59.5 Å². The van der Waals surface area contributed by atoms with Crippen LogP contribution < -0.4 is 20.1 Å². The van der Waals surface area contributed by atoms with Crippen molar-refractivity contribution in [1.82, 2.24) is 15.6 Å². The smallest absolute Gasteiger partial charge is 0.231 e. The Kier molecular flexibility index (Phi) is 6.61. The van der Waals surface area contributed by atoms with Crippen LogP contribution in [0.2, 0.25) is 0 Å². The molecule has 1 aromatic heterocycles. The number of hydrogen-bond donors (Lipinski definition) is 3. The van der Waals surface area contributed by atoms with Gasteiger partial charge in [-0.15, -0.1) is 24.0 Å². The lowest BCUT2D eigenvalue weighted by molar-refractivity contribution is 0.174. The van der Waals surface area contributed by atoms with Gasteiger partial charge in [0.25, 0.3) is 0 Å². The van der Waals surface area contributed by atoms with E-state index in [1.807, 2.05) is 30.5 Å². The van der Waals surface area contributed by atoms with E-state index in [1.54, 1.807) is 7.05 Å². The van der Waals surface area contributed by atoms with Gasteiger partial charge in [0.2, 0.25) is 6.79 Å². The van der Waals surface area contributed by atoms with Crippen LogP contribution in [0.3, 0.4) is 0 Å². The molecule has 6 nitrogen and oxygen atoms in total. The summed E-state index contributed by atoms with van der Waals surface area (Å²) in [7, 11) is 1.74. The predicted molar refractivity (Wildman–Crippen MR) is 118 cm³/mol. The number of benzene rings is 2. The second kappa shape index (κ2) is 9.13. The van der Waals surface area contributed by atoms with E-state index in [9.17, 15) is 4.39 Å². The van der Waals surface area contributed by atoms with Gasteiger partial charge in [0, 0.05) is 37.2 Å². The van der Waals surface area contributed by atoms with Crippen molar-refractivity contribution in [2.45, 2.75) is 13.0 Å². The first-order valence-corrected chi connectivity index (χ1v) is 8.81. The molecule has 0 saturated heterocycles. The minimum absolute atomic E-state index is 0.